The largest absolute Gasteiger partial charge is 0.389 e. The van der Waals surface area contributed by atoms with E-state index in [9.17, 15) is 9.32 Å². The molecule has 0 aromatic rings. The summed E-state index contributed by atoms with van der Waals surface area (Å²) in [7, 11) is -0.701. The molecule has 14 heavy (non-hydrogen) atoms. The van der Waals surface area contributed by atoms with Crippen LogP contribution in [0.25, 0.3) is 0 Å². The average molecular weight is 221 g/mol. The molecule has 0 aliphatic rings. The van der Waals surface area contributed by atoms with Crippen LogP contribution in [0.1, 0.15) is 27.2 Å². The fourth-order valence-electron chi connectivity index (χ4n) is 0.946. The highest BCUT2D eigenvalue weighted by Crippen LogP contribution is 2.14. The third kappa shape index (κ3) is 6.51. The molecule has 0 spiro atoms. The number of hydrogen-bond donors (Lipinski definition) is 2. The summed E-state index contributed by atoms with van der Waals surface area (Å²) in [6.07, 6.45) is 2.61. The standard InChI is InChI=1S/C10H23NO2S/c1-9(2)10(3,12)8-11-6-5-7-14(4)13/h9,11-12H,5-8H2,1-4H3. The van der Waals surface area contributed by atoms with Gasteiger partial charge in [-0.05, 0) is 25.8 Å². The summed E-state index contributed by atoms with van der Waals surface area (Å²) in [6, 6.07) is 0. The van der Waals surface area contributed by atoms with Crippen LogP contribution in [0.15, 0.2) is 0 Å². The highest BCUT2D eigenvalue weighted by molar-refractivity contribution is 7.84. The van der Waals surface area contributed by atoms with Crippen LogP contribution in [0.3, 0.4) is 0 Å². The lowest BCUT2D eigenvalue weighted by molar-refractivity contribution is 0.0145. The van der Waals surface area contributed by atoms with Gasteiger partial charge in [-0.3, -0.25) is 4.21 Å². The second-order valence-corrected chi connectivity index (χ2v) is 5.87. The third-order valence-corrected chi connectivity index (χ3v) is 3.38. The zero-order valence-corrected chi connectivity index (χ0v) is 10.5. The van der Waals surface area contributed by atoms with Gasteiger partial charge in [0, 0.05) is 29.4 Å². The highest BCUT2D eigenvalue weighted by Gasteiger charge is 2.23. The van der Waals surface area contributed by atoms with Gasteiger partial charge in [0.25, 0.3) is 0 Å². The summed E-state index contributed by atoms with van der Waals surface area (Å²) in [6.45, 7) is 7.26. The van der Waals surface area contributed by atoms with Gasteiger partial charge in [-0.1, -0.05) is 13.8 Å². The molecule has 2 N–H and O–H groups in total. The number of nitrogens with one attached hydrogen (secondary N) is 1. The van der Waals surface area contributed by atoms with Gasteiger partial charge >= 0.3 is 0 Å². The normalized spacial score (nSPS) is 18.1. The summed E-state index contributed by atoms with van der Waals surface area (Å²) < 4.78 is 10.7. The van der Waals surface area contributed by atoms with Gasteiger partial charge < -0.3 is 10.4 Å². The molecular formula is C10H23NO2S. The molecule has 2 unspecified atom stereocenters. The lowest BCUT2D eigenvalue weighted by atomic mass is 9.92. The summed E-state index contributed by atoms with van der Waals surface area (Å²) in [5, 5.41) is 13.1. The van der Waals surface area contributed by atoms with Gasteiger partial charge in [0.05, 0.1) is 5.60 Å². The first-order chi connectivity index (χ1) is 6.36. The van der Waals surface area contributed by atoms with Crippen molar-refractivity contribution in [3.05, 3.63) is 0 Å². The maximum atomic E-state index is 10.7. The van der Waals surface area contributed by atoms with E-state index in [1.165, 1.54) is 0 Å². The summed E-state index contributed by atoms with van der Waals surface area (Å²) in [4.78, 5) is 0. The van der Waals surface area contributed by atoms with Crippen molar-refractivity contribution < 1.29 is 9.32 Å². The van der Waals surface area contributed by atoms with Crippen molar-refractivity contribution in [2.45, 2.75) is 32.8 Å². The van der Waals surface area contributed by atoms with Gasteiger partial charge in [0.15, 0.2) is 0 Å². The van der Waals surface area contributed by atoms with Gasteiger partial charge in [-0.15, -0.1) is 0 Å². The molecule has 0 aromatic carbocycles. The van der Waals surface area contributed by atoms with Crippen LogP contribution in [0.5, 0.6) is 0 Å². The van der Waals surface area contributed by atoms with Crippen LogP contribution >= 0.6 is 0 Å². The zero-order chi connectivity index (χ0) is 11.2. The maximum absolute atomic E-state index is 10.7. The number of aliphatic hydroxyl groups is 1. The summed E-state index contributed by atoms with van der Waals surface area (Å²) >= 11 is 0. The van der Waals surface area contributed by atoms with Crippen LogP contribution in [0.2, 0.25) is 0 Å². The fraction of sp³-hybridized carbons (Fsp3) is 1.00. The van der Waals surface area contributed by atoms with E-state index < -0.39 is 16.4 Å². The van der Waals surface area contributed by atoms with Gasteiger partial charge in [-0.2, -0.15) is 0 Å². The maximum Gasteiger partial charge on any atom is 0.0766 e. The Kier molecular flexibility index (Phi) is 6.57. The zero-order valence-electron chi connectivity index (χ0n) is 9.67. The molecular weight excluding hydrogens is 198 g/mol. The molecule has 86 valence electrons. The Morgan fingerprint density at radius 1 is 1.50 bits per heavy atom. The van der Waals surface area contributed by atoms with Crippen molar-refractivity contribution >= 4 is 10.8 Å². The topological polar surface area (TPSA) is 49.3 Å². The van der Waals surface area contributed by atoms with Crippen LogP contribution in [-0.4, -0.2) is 40.0 Å². The van der Waals surface area contributed by atoms with Gasteiger partial charge in [0.1, 0.15) is 0 Å². The molecule has 0 fully saturated rings. The van der Waals surface area contributed by atoms with Crippen molar-refractivity contribution in [3.63, 3.8) is 0 Å². The van der Waals surface area contributed by atoms with E-state index in [1.54, 1.807) is 6.26 Å². The van der Waals surface area contributed by atoms with Crippen molar-refractivity contribution in [2.24, 2.45) is 5.92 Å². The summed E-state index contributed by atoms with van der Waals surface area (Å²) in [5.41, 5.74) is -0.647. The molecule has 0 rings (SSSR count). The quantitative estimate of drug-likeness (QED) is 0.624. The first-order valence-electron chi connectivity index (χ1n) is 5.09. The van der Waals surface area contributed by atoms with E-state index >= 15 is 0 Å². The predicted molar refractivity (Wildman–Crippen MR) is 61.9 cm³/mol. The van der Waals surface area contributed by atoms with Crippen LogP contribution in [0, 0.1) is 5.92 Å². The molecule has 0 aliphatic carbocycles. The lowest BCUT2D eigenvalue weighted by Crippen LogP contribution is -2.42. The highest BCUT2D eigenvalue weighted by atomic mass is 32.2. The van der Waals surface area contributed by atoms with Crippen molar-refractivity contribution in [1.82, 2.24) is 5.32 Å². The summed E-state index contributed by atoms with van der Waals surface area (Å²) in [5.74, 6) is 0.979. The van der Waals surface area contributed by atoms with E-state index in [0.717, 1.165) is 18.7 Å². The Hall–Kier alpha value is 0.0700. The predicted octanol–water partition coefficient (Wildman–Crippen LogP) is 0.752. The van der Waals surface area contributed by atoms with E-state index in [4.69, 9.17) is 0 Å². The van der Waals surface area contributed by atoms with E-state index in [2.05, 4.69) is 5.32 Å². The molecule has 0 amide bonds. The molecule has 4 heteroatoms. The first-order valence-corrected chi connectivity index (χ1v) is 6.82. The van der Waals surface area contributed by atoms with Crippen molar-refractivity contribution in [3.8, 4) is 0 Å². The van der Waals surface area contributed by atoms with E-state index in [0.29, 0.717) is 6.54 Å². The number of hydrogen-bond acceptors (Lipinski definition) is 3. The van der Waals surface area contributed by atoms with Crippen LogP contribution in [0.4, 0.5) is 0 Å². The molecule has 2 atom stereocenters. The minimum absolute atomic E-state index is 0.246. The molecule has 0 aromatic heterocycles. The minimum atomic E-state index is -0.701. The number of rotatable bonds is 7. The molecule has 0 saturated carbocycles. The van der Waals surface area contributed by atoms with Gasteiger partial charge in [-0.25, -0.2) is 0 Å². The average Bonchev–Trinajstić information content (AvgIpc) is 2.02. The van der Waals surface area contributed by atoms with Crippen LogP contribution in [-0.2, 0) is 10.8 Å². The Morgan fingerprint density at radius 2 is 2.07 bits per heavy atom. The Labute approximate surface area is 89.7 Å². The molecule has 0 radical (unpaired) electrons. The smallest absolute Gasteiger partial charge is 0.0766 e. The first kappa shape index (κ1) is 14.1. The molecule has 0 heterocycles. The Bertz CT molecular complexity index is 181. The molecule has 0 saturated heterocycles. The molecule has 3 nitrogen and oxygen atoms in total. The van der Waals surface area contributed by atoms with E-state index in [-0.39, 0.29) is 5.92 Å². The Balaban J connectivity index is 3.49. The monoisotopic (exact) mass is 221 g/mol. The van der Waals surface area contributed by atoms with Crippen LogP contribution < -0.4 is 5.32 Å². The van der Waals surface area contributed by atoms with Gasteiger partial charge in [0.2, 0.25) is 0 Å². The van der Waals surface area contributed by atoms with Crippen molar-refractivity contribution in [2.75, 3.05) is 25.1 Å². The fourth-order valence-corrected chi connectivity index (χ4v) is 1.50. The van der Waals surface area contributed by atoms with E-state index in [1.807, 2.05) is 20.8 Å². The molecule has 0 aliphatic heterocycles. The lowest BCUT2D eigenvalue weighted by Gasteiger charge is -2.27. The van der Waals surface area contributed by atoms with Crippen molar-refractivity contribution in [1.29, 1.82) is 0 Å². The molecule has 0 bridgehead atoms. The second-order valence-electron chi connectivity index (χ2n) is 4.32. The Morgan fingerprint density at radius 3 is 2.50 bits per heavy atom. The second kappa shape index (κ2) is 6.53. The third-order valence-electron chi connectivity index (χ3n) is 2.51. The SMILES string of the molecule is CC(C)C(C)(O)CNCCCS(C)=O. The minimum Gasteiger partial charge on any atom is -0.389 e.